The highest BCUT2D eigenvalue weighted by atomic mass is 32.2. The Hall–Kier alpha value is -3.03. The summed E-state index contributed by atoms with van der Waals surface area (Å²) in [7, 11) is 0. The number of amides is 1. The van der Waals surface area contributed by atoms with E-state index < -0.39 is 0 Å². The summed E-state index contributed by atoms with van der Waals surface area (Å²) >= 11 is 3.01. The van der Waals surface area contributed by atoms with Gasteiger partial charge >= 0.3 is 0 Å². The van der Waals surface area contributed by atoms with Crippen LogP contribution in [-0.4, -0.2) is 20.9 Å². The largest absolute Gasteiger partial charge is 0.298 e. The number of carbonyl (C=O) groups excluding carboxylic acids is 1. The number of nitrogens with zero attached hydrogens (tertiary/aromatic N) is 3. The fourth-order valence-electron chi connectivity index (χ4n) is 3.05. The summed E-state index contributed by atoms with van der Waals surface area (Å²) in [6, 6.07) is 13.4. The van der Waals surface area contributed by atoms with Gasteiger partial charge in [0.1, 0.15) is 5.03 Å². The lowest BCUT2D eigenvalue weighted by atomic mass is 10.0. The molecule has 1 N–H and O–H groups in total. The van der Waals surface area contributed by atoms with E-state index in [1.54, 1.807) is 42.5 Å². The maximum atomic E-state index is 12.4. The smallest absolute Gasteiger partial charge is 0.257 e. The molecule has 0 unspecified atom stereocenters. The molecule has 0 atom stereocenters. The monoisotopic (exact) mass is 418 g/mol. The number of hydrogen-bond donors (Lipinski definition) is 1. The highest BCUT2D eigenvalue weighted by Crippen LogP contribution is 2.35. The standard InChI is InChI=1S/C22H18N4OS2/c1-14-10-17(29-19-12-23-8-9-24-19)11-15(2)20(14)18-13-28-22(25-18)26-21(27)16-6-4-3-5-7-16/h3-13H,1-2H3,(H,25,26,27). The number of aromatic nitrogens is 3. The van der Waals surface area contributed by atoms with E-state index in [0.717, 1.165) is 32.3 Å². The van der Waals surface area contributed by atoms with Crippen molar-refractivity contribution in [1.29, 1.82) is 0 Å². The van der Waals surface area contributed by atoms with Crippen LogP contribution < -0.4 is 5.32 Å². The minimum atomic E-state index is -0.157. The molecule has 0 aliphatic carbocycles. The van der Waals surface area contributed by atoms with Crippen molar-refractivity contribution in [1.82, 2.24) is 15.0 Å². The molecular weight excluding hydrogens is 400 g/mol. The average Bonchev–Trinajstić information content (AvgIpc) is 3.17. The zero-order valence-corrected chi connectivity index (χ0v) is 17.6. The number of aryl methyl sites for hydroxylation is 2. The Kier molecular flexibility index (Phi) is 5.69. The molecule has 7 heteroatoms. The summed E-state index contributed by atoms with van der Waals surface area (Å²) in [5.41, 5.74) is 4.82. The maximum absolute atomic E-state index is 12.4. The molecule has 2 heterocycles. The minimum Gasteiger partial charge on any atom is -0.298 e. The molecule has 0 saturated carbocycles. The van der Waals surface area contributed by atoms with Crippen LogP contribution in [0.2, 0.25) is 0 Å². The second-order valence-electron chi connectivity index (χ2n) is 6.44. The van der Waals surface area contributed by atoms with Crippen LogP contribution in [-0.2, 0) is 0 Å². The Balaban J connectivity index is 1.55. The van der Waals surface area contributed by atoms with E-state index in [1.807, 2.05) is 23.6 Å². The molecule has 29 heavy (non-hydrogen) atoms. The Morgan fingerprint density at radius 2 is 1.83 bits per heavy atom. The van der Waals surface area contributed by atoms with Gasteiger partial charge in [-0.15, -0.1) is 11.3 Å². The quantitative estimate of drug-likeness (QED) is 0.455. The SMILES string of the molecule is Cc1cc(Sc2cnccn2)cc(C)c1-c1csc(NC(=O)c2ccccc2)n1. The van der Waals surface area contributed by atoms with Gasteiger partial charge in [-0.05, 0) is 49.2 Å². The van der Waals surface area contributed by atoms with Crippen LogP contribution in [0.25, 0.3) is 11.3 Å². The lowest BCUT2D eigenvalue weighted by Gasteiger charge is -2.10. The van der Waals surface area contributed by atoms with E-state index in [0.29, 0.717) is 10.7 Å². The van der Waals surface area contributed by atoms with E-state index in [2.05, 4.69) is 46.2 Å². The van der Waals surface area contributed by atoms with Gasteiger partial charge in [-0.3, -0.25) is 15.1 Å². The van der Waals surface area contributed by atoms with Crippen molar-refractivity contribution in [3.05, 3.63) is 83.1 Å². The summed E-state index contributed by atoms with van der Waals surface area (Å²) in [5, 5.41) is 6.31. The van der Waals surface area contributed by atoms with Gasteiger partial charge in [0.2, 0.25) is 0 Å². The van der Waals surface area contributed by atoms with Crippen LogP contribution in [0, 0.1) is 13.8 Å². The average molecular weight is 419 g/mol. The highest BCUT2D eigenvalue weighted by Gasteiger charge is 2.14. The predicted molar refractivity (Wildman–Crippen MR) is 118 cm³/mol. The fraction of sp³-hybridized carbons (Fsp3) is 0.0909. The van der Waals surface area contributed by atoms with Crippen molar-refractivity contribution >= 4 is 34.1 Å². The zero-order chi connectivity index (χ0) is 20.2. The molecule has 0 radical (unpaired) electrons. The van der Waals surface area contributed by atoms with Crippen LogP contribution in [0.4, 0.5) is 5.13 Å². The second-order valence-corrected chi connectivity index (χ2v) is 8.39. The summed E-state index contributed by atoms with van der Waals surface area (Å²) in [4.78, 5) is 26.5. The first kappa shape index (κ1) is 19.3. The Morgan fingerprint density at radius 1 is 1.07 bits per heavy atom. The molecule has 1 amide bonds. The molecule has 0 fully saturated rings. The normalized spacial score (nSPS) is 10.7. The van der Waals surface area contributed by atoms with Gasteiger partial charge in [0, 0.05) is 33.8 Å². The first-order valence-corrected chi connectivity index (χ1v) is 10.7. The van der Waals surface area contributed by atoms with Gasteiger partial charge in [0.15, 0.2) is 5.13 Å². The molecule has 0 aliphatic rings. The number of thiazole rings is 1. The van der Waals surface area contributed by atoms with Gasteiger partial charge in [-0.25, -0.2) is 9.97 Å². The minimum absolute atomic E-state index is 0.157. The van der Waals surface area contributed by atoms with Crippen molar-refractivity contribution in [2.45, 2.75) is 23.8 Å². The van der Waals surface area contributed by atoms with E-state index in [-0.39, 0.29) is 5.91 Å². The Labute approximate surface area is 177 Å². The predicted octanol–water partition coefficient (Wildman–Crippen LogP) is 5.62. The molecule has 2 aromatic heterocycles. The van der Waals surface area contributed by atoms with Crippen molar-refractivity contribution in [2.24, 2.45) is 0 Å². The number of nitrogens with one attached hydrogen (secondary N) is 1. The van der Waals surface area contributed by atoms with Gasteiger partial charge in [-0.1, -0.05) is 30.0 Å². The first-order valence-electron chi connectivity index (χ1n) is 8.97. The van der Waals surface area contributed by atoms with Crippen LogP contribution in [0.5, 0.6) is 0 Å². The van der Waals surface area contributed by atoms with Crippen molar-refractivity contribution in [3.63, 3.8) is 0 Å². The van der Waals surface area contributed by atoms with E-state index in [9.17, 15) is 4.79 Å². The van der Waals surface area contributed by atoms with Crippen molar-refractivity contribution < 1.29 is 4.79 Å². The third kappa shape index (κ3) is 4.52. The molecule has 0 aliphatic heterocycles. The number of anilines is 1. The lowest BCUT2D eigenvalue weighted by Crippen LogP contribution is -2.11. The first-order chi connectivity index (χ1) is 14.1. The van der Waals surface area contributed by atoms with Gasteiger partial charge in [0.05, 0.1) is 11.9 Å². The summed E-state index contributed by atoms with van der Waals surface area (Å²) < 4.78 is 0. The summed E-state index contributed by atoms with van der Waals surface area (Å²) in [6.45, 7) is 4.15. The summed E-state index contributed by atoms with van der Waals surface area (Å²) in [5.74, 6) is -0.157. The molecule has 0 saturated heterocycles. The molecule has 0 bridgehead atoms. The molecule has 144 valence electrons. The van der Waals surface area contributed by atoms with Gasteiger partial charge < -0.3 is 0 Å². The topological polar surface area (TPSA) is 67.8 Å². The third-order valence-electron chi connectivity index (χ3n) is 4.28. The van der Waals surface area contributed by atoms with Crippen molar-refractivity contribution in [3.8, 4) is 11.3 Å². The highest BCUT2D eigenvalue weighted by molar-refractivity contribution is 7.99. The molecule has 0 spiro atoms. The number of rotatable bonds is 5. The summed E-state index contributed by atoms with van der Waals surface area (Å²) in [6.07, 6.45) is 5.11. The van der Waals surface area contributed by atoms with Crippen LogP contribution >= 0.6 is 23.1 Å². The zero-order valence-electron chi connectivity index (χ0n) is 15.9. The second kappa shape index (κ2) is 8.55. The van der Waals surface area contributed by atoms with Crippen LogP contribution in [0.3, 0.4) is 0 Å². The number of benzene rings is 2. The number of hydrogen-bond acceptors (Lipinski definition) is 6. The fourth-order valence-corrected chi connectivity index (χ4v) is 4.69. The number of carbonyl (C=O) groups is 1. The van der Waals surface area contributed by atoms with E-state index in [1.165, 1.54) is 11.3 Å². The molecule has 2 aromatic carbocycles. The molecule has 5 nitrogen and oxygen atoms in total. The van der Waals surface area contributed by atoms with E-state index in [4.69, 9.17) is 0 Å². The van der Waals surface area contributed by atoms with Crippen LogP contribution in [0.15, 0.2) is 76.4 Å². The van der Waals surface area contributed by atoms with Crippen molar-refractivity contribution in [2.75, 3.05) is 5.32 Å². The maximum Gasteiger partial charge on any atom is 0.257 e. The Bertz CT molecular complexity index is 1120. The van der Waals surface area contributed by atoms with E-state index >= 15 is 0 Å². The third-order valence-corrected chi connectivity index (χ3v) is 5.93. The Morgan fingerprint density at radius 3 is 2.52 bits per heavy atom. The molecular formula is C22H18N4OS2. The van der Waals surface area contributed by atoms with Gasteiger partial charge in [-0.2, -0.15) is 0 Å². The molecule has 4 rings (SSSR count). The van der Waals surface area contributed by atoms with Gasteiger partial charge in [0.25, 0.3) is 5.91 Å². The lowest BCUT2D eigenvalue weighted by molar-refractivity contribution is 0.102. The molecule has 4 aromatic rings. The van der Waals surface area contributed by atoms with Crippen LogP contribution in [0.1, 0.15) is 21.5 Å².